The van der Waals surface area contributed by atoms with Gasteiger partial charge in [0.05, 0.1) is 29.3 Å². The molecule has 0 amide bonds. The number of nitrogens with zero attached hydrogens (tertiary/aromatic N) is 7. The number of H-pyrrole nitrogens is 2. The molecule has 1 saturated heterocycles. The highest BCUT2D eigenvalue weighted by Crippen LogP contribution is 2.30. The molecule has 5 aromatic rings. The minimum atomic E-state index is 0.181. The van der Waals surface area contributed by atoms with Crippen LogP contribution in [0.3, 0.4) is 0 Å². The quantitative estimate of drug-likeness (QED) is 0.318. The molecular formula is C26H24N10. The highest BCUT2D eigenvalue weighted by atomic mass is 15.3. The van der Waals surface area contributed by atoms with Gasteiger partial charge in [-0.05, 0) is 36.8 Å². The molecule has 1 aliphatic heterocycles. The second-order valence-corrected chi connectivity index (χ2v) is 8.70. The van der Waals surface area contributed by atoms with Gasteiger partial charge in [-0.1, -0.05) is 18.7 Å². The Morgan fingerprint density at radius 1 is 1.06 bits per heavy atom. The van der Waals surface area contributed by atoms with Gasteiger partial charge in [-0.2, -0.15) is 5.10 Å². The predicted octanol–water partition coefficient (Wildman–Crippen LogP) is 3.27. The second kappa shape index (κ2) is 8.82. The van der Waals surface area contributed by atoms with Crippen molar-refractivity contribution in [2.45, 2.75) is 13.0 Å². The molecule has 0 atom stereocenters. The molecule has 0 aromatic carbocycles. The molecule has 10 nitrogen and oxygen atoms in total. The zero-order valence-electron chi connectivity index (χ0n) is 19.7. The van der Waals surface area contributed by atoms with Crippen molar-refractivity contribution in [2.75, 3.05) is 18.0 Å². The molecule has 0 spiro atoms. The lowest BCUT2D eigenvalue weighted by Gasteiger charge is -2.37. The first-order chi connectivity index (χ1) is 17.6. The van der Waals surface area contributed by atoms with Crippen molar-refractivity contribution in [3.63, 3.8) is 0 Å². The van der Waals surface area contributed by atoms with Gasteiger partial charge in [-0.25, -0.2) is 15.0 Å². The largest absolute Gasteiger partial charge is 0.352 e. The van der Waals surface area contributed by atoms with Crippen molar-refractivity contribution in [2.24, 2.45) is 5.73 Å². The first-order valence-corrected chi connectivity index (χ1v) is 11.6. The lowest BCUT2D eigenvalue weighted by molar-refractivity contribution is 0.514. The van der Waals surface area contributed by atoms with Crippen LogP contribution in [-0.2, 0) is 0 Å². The molecule has 36 heavy (non-hydrogen) atoms. The first-order valence-electron chi connectivity index (χ1n) is 11.6. The van der Waals surface area contributed by atoms with Crippen molar-refractivity contribution in [1.29, 1.82) is 0 Å². The van der Waals surface area contributed by atoms with Gasteiger partial charge >= 0.3 is 0 Å². The van der Waals surface area contributed by atoms with Crippen molar-refractivity contribution in [3.8, 4) is 22.9 Å². The van der Waals surface area contributed by atoms with E-state index >= 15 is 0 Å². The number of nitrogens with two attached hydrogens (primary N) is 1. The smallest absolute Gasteiger partial charge is 0.161 e. The van der Waals surface area contributed by atoms with Crippen LogP contribution < -0.4 is 10.6 Å². The zero-order valence-corrected chi connectivity index (χ0v) is 19.7. The van der Waals surface area contributed by atoms with Gasteiger partial charge < -0.3 is 15.6 Å². The second-order valence-electron chi connectivity index (χ2n) is 8.70. The monoisotopic (exact) mass is 476 g/mol. The van der Waals surface area contributed by atoms with E-state index in [1.807, 2.05) is 37.3 Å². The van der Waals surface area contributed by atoms with E-state index in [-0.39, 0.29) is 6.04 Å². The van der Waals surface area contributed by atoms with E-state index in [1.165, 1.54) is 0 Å². The van der Waals surface area contributed by atoms with Crippen LogP contribution in [0.2, 0.25) is 0 Å². The number of hydrogen-bond donors (Lipinski definition) is 3. The molecule has 6 heterocycles. The van der Waals surface area contributed by atoms with E-state index in [0.717, 1.165) is 46.9 Å². The van der Waals surface area contributed by atoms with Crippen molar-refractivity contribution in [1.82, 2.24) is 40.1 Å². The van der Waals surface area contributed by atoms with Gasteiger partial charge in [-0.3, -0.25) is 15.1 Å². The lowest BCUT2D eigenvalue weighted by Crippen LogP contribution is -2.56. The van der Waals surface area contributed by atoms with Crippen molar-refractivity contribution < 1.29 is 0 Å². The molecule has 178 valence electrons. The van der Waals surface area contributed by atoms with Gasteiger partial charge in [0, 0.05) is 42.8 Å². The Morgan fingerprint density at radius 3 is 2.67 bits per heavy atom. The van der Waals surface area contributed by atoms with Crippen LogP contribution in [0, 0.1) is 6.92 Å². The molecule has 10 heteroatoms. The Bertz CT molecular complexity index is 1590. The van der Waals surface area contributed by atoms with Crippen LogP contribution in [0.4, 0.5) is 5.82 Å². The topological polar surface area (TPSA) is 138 Å². The molecule has 0 aliphatic carbocycles. The SMILES string of the molecule is C=C/C=C(/c1ccncc1)c1nc(-c2n[nH]c3ccc(-c4cncc(N5CC(N)C5)n4)nc23)[nH]c1C. The number of nitrogens with one attached hydrogen (secondary N) is 2. The highest BCUT2D eigenvalue weighted by Gasteiger charge is 2.25. The van der Waals surface area contributed by atoms with Crippen LogP contribution in [-0.4, -0.2) is 59.2 Å². The first kappa shape index (κ1) is 21.8. The third-order valence-electron chi connectivity index (χ3n) is 6.17. The summed E-state index contributed by atoms with van der Waals surface area (Å²) in [5.74, 6) is 1.42. The van der Waals surface area contributed by atoms with Gasteiger partial charge in [0.25, 0.3) is 0 Å². The number of pyridine rings is 2. The molecule has 0 radical (unpaired) electrons. The number of imidazole rings is 1. The summed E-state index contributed by atoms with van der Waals surface area (Å²) in [7, 11) is 0. The van der Waals surface area contributed by atoms with E-state index in [0.29, 0.717) is 28.4 Å². The fourth-order valence-corrected chi connectivity index (χ4v) is 4.33. The third-order valence-corrected chi connectivity index (χ3v) is 6.17. The van der Waals surface area contributed by atoms with Gasteiger partial charge in [0.15, 0.2) is 11.5 Å². The van der Waals surface area contributed by atoms with Crippen molar-refractivity contribution >= 4 is 22.4 Å². The normalized spacial score (nSPS) is 14.3. The molecular weight excluding hydrogens is 452 g/mol. The molecule has 4 N–H and O–H groups in total. The van der Waals surface area contributed by atoms with Gasteiger partial charge in [0.1, 0.15) is 17.0 Å². The third kappa shape index (κ3) is 3.83. The number of fused-ring (bicyclic) bond motifs is 1. The Balaban J connectivity index is 1.39. The van der Waals surface area contributed by atoms with E-state index < -0.39 is 0 Å². The summed E-state index contributed by atoms with van der Waals surface area (Å²) in [6, 6.07) is 7.93. The number of aromatic amines is 2. The van der Waals surface area contributed by atoms with Gasteiger partial charge in [-0.15, -0.1) is 0 Å². The van der Waals surface area contributed by atoms with Crippen LogP contribution in [0.5, 0.6) is 0 Å². The summed E-state index contributed by atoms with van der Waals surface area (Å²) >= 11 is 0. The Labute approximate surface area is 207 Å². The molecule has 0 unspecified atom stereocenters. The molecule has 0 bridgehead atoms. The molecule has 1 aliphatic rings. The van der Waals surface area contributed by atoms with Crippen molar-refractivity contribution in [3.05, 3.63) is 84.7 Å². The van der Waals surface area contributed by atoms with E-state index in [4.69, 9.17) is 20.7 Å². The maximum atomic E-state index is 5.93. The number of allylic oxidation sites excluding steroid dienone is 2. The average molecular weight is 477 g/mol. The number of rotatable bonds is 6. The summed E-state index contributed by atoms with van der Waals surface area (Å²) < 4.78 is 0. The van der Waals surface area contributed by atoms with E-state index in [1.54, 1.807) is 30.9 Å². The van der Waals surface area contributed by atoms with E-state index in [2.05, 4.69) is 36.6 Å². The van der Waals surface area contributed by atoms with Gasteiger partial charge in [0.2, 0.25) is 0 Å². The van der Waals surface area contributed by atoms with Crippen LogP contribution in [0.25, 0.3) is 39.5 Å². The fraction of sp³-hybridized carbons (Fsp3) is 0.154. The summed E-state index contributed by atoms with van der Waals surface area (Å²) in [5, 5.41) is 7.58. The standard InChI is InChI=1S/C26H24N10/c1-3-4-18(16-7-9-28-10-8-16)23-15(2)30-26(33-23)25-24-20(34-35-25)6-5-19(32-24)21-11-29-12-22(31-21)36-13-17(27)14-36/h3-12,17H,1,13-14,27H2,2H3,(H,30,33)(H,34,35)/b18-4-. The minimum absolute atomic E-state index is 0.181. The number of aryl methyl sites for hydroxylation is 1. The number of anilines is 1. The summed E-state index contributed by atoms with van der Waals surface area (Å²) in [4.78, 5) is 28.5. The van der Waals surface area contributed by atoms with Crippen LogP contribution >= 0.6 is 0 Å². The summed E-state index contributed by atoms with van der Waals surface area (Å²) in [6.07, 6.45) is 10.7. The molecule has 6 rings (SSSR count). The average Bonchev–Trinajstić information content (AvgIpc) is 3.48. The van der Waals surface area contributed by atoms with Crippen LogP contribution in [0.15, 0.2) is 67.8 Å². The number of aromatic nitrogens is 8. The molecule has 1 fully saturated rings. The summed E-state index contributed by atoms with van der Waals surface area (Å²) in [5.41, 5.74) is 13.1. The predicted molar refractivity (Wildman–Crippen MR) is 139 cm³/mol. The maximum Gasteiger partial charge on any atom is 0.161 e. The lowest BCUT2D eigenvalue weighted by atomic mass is 10.0. The van der Waals surface area contributed by atoms with Crippen LogP contribution in [0.1, 0.15) is 17.0 Å². The minimum Gasteiger partial charge on any atom is -0.352 e. The zero-order chi connectivity index (χ0) is 24.6. The molecule has 5 aromatic heterocycles. The van der Waals surface area contributed by atoms with E-state index in [9.17, 15) is 0 Å². The Morgan fingerprint density at radius 2 is 1.89 bits per heavy atom. The Kier molecular flexibility index (Phi) is 5.34. The molecule has 0 saturated carbocycles. The Hall–Kier alpha value is -4.70. The highest BCUT2D eigenvalue weighted by molar-refractivity contribution is 5.90. The summed E-state index contributed by atoms with van der Waals surface area (Å²) in [6.45, 7) is 7.41. The maximum absolute atomic E-state index is 5.93. The fourth-order valence-electron chi connectivity index (χ4n) is 4.33. The number of hydrogen-bond acceptors (Lipinski definition) is 8.